The number of alkyl halides is 1. The van der Waals surface area contributed by atoms with Crippen LogP contribution in [0.4, 0.5) is 0 Å². The lowest BCUT2D eigenvalue weighted by atomic mass is 9.79. The molecule has 0 radical (unpaired) electrons. The first kappa shape index (κ1) is 17.8. The van der Waals surface area contributed by atoms with E-state index in [0.717, 1.165) is 19.3 Å². The molecule has 1 spiro atoms. The summed E-state index contributed by atoms with van der Waals surface area (Å²) in [6.45, 7) is 0. The van der Waals surface area contributed by atoms with Crippen LogP contribution in [0.2, 0.25) is 10.0 Å². The smallest absolute Gasteiger partial charge is 0.344 e. The van der Waals surface area contributed by atoms with Crippen LogP contribution in [0.3, 0.4) is 0 Å². The lowest BCUT2D eigenvalue weighted by Gasteiger charge is -2.33. The van der Waals surface area contributed by atoms with Crippen LogP contribution in [0.15, 0.2) is 29.3 Å². The zero-order chi connectivity index (χ0) is 17.3. The van der Waals surface area contributed by atoms with Gasteiger partial charge < -0.3 is 9.47 Å². The Hall–Kier alpha value is -1.04. The first-order chi connectivity index (χ1) is 11.5. The molecule has 1 saturated carbocycles. The molecule has 0 unspecified atom stereocenters. The molecule has 128 valence electrons. The van der Waals surface area contributed by atoms with Gasteiger partial charge in [0.15, 0.2) is 0 Å². The normalized spacial score (nSPS) is 19.5. The SMILES string of the molecule is O=C1OC2(CCCCC2)C(C(=O)Oc2ccc(Cl)c(Cl)c2)=C1CBr. The van der Waals surface area contributed by atoms with Gasteiger partial charge in [0, 0.05) is 11.4 Å². The summed E-state index contributed by atoms with van der Waals surface area (Å²) in [7, 11) is 0. The van der Waals surface area contributed by atoms with Gasteiger partial charge in [0.05, 0.1) is 21.2 Å². The summed E-state index contributed by atoms with van der Waals surface area (Å²) >= 11 is 15.1. The summed E-state index contributed by atoms with van der Waals surface area (Å²) < 4.78 is 11.1. The highest BCUT2D eigenvalue weighted by Gasteiger charge is 2.51. The first-order valence-corrected chi connectivity index (χ1v) is 9.55. The fourth-order valence-corrected chi connectivity index (χ4v) is 4.07. The van der Waals surface area contributed by atoms with Crippen LogP contribution in [0.1, 0.15) is 32.1 Å². The molecule has 4 nitrogen and oxygen atoms in total. The monoisotopic (exact) mass is 432 g/mol. The molecule has 0 bridgehead atoms. The number of esters is 2. The first-order valence-electron chi connectivity index (χ1n) is 7.67. The second-order valence-corrected chi connectivity index (χ2v) is 7.27. The molecule has 7 heteroatoms. The summed E-state index contributed by atoms with van der Waals surface area (Å²) in [4.78, 5) is 25.0. The van der Waals surface area contributed by atoms with E-state index in [1.807, 2.05) is 0 Å². The Balaban J connectivity index is 1.93. The van der Waals surface area contributed by atoms with Crippen molar-refractivity contribution in [3.63, 3.8) is 0 Å². The summed E-state index contributed by atoms with van der Waals surface area (Å²) in [6.07, 6.45) is 4.17. The molecule has 1 aromatic rings. The minimum absolute atomic E-state index is 0.249. The summed E-state index contributed by atoms with van der Waals surface area (Å²) in [6, 6.07) is 4.59. The Kier molecular flexibility index (Phi) is 5.23. The van der Waals surface area contributed by atoms with Crippen molar-refractivity contribution >= 4 is 51.1 Å². The molecule has 1 aliphatic carbocycles. The van der Waals surface area contributed by atoms with Crippen molar-refractivity contribution in [3.05, 3.63) is 39.4 Å². The summed E-state index contributed by atoms with van der Waals surface area (Å²) in [5, 5.41) is 0.919. The number of ether oxygens (including phenoxy) is 2. The van der Waals surface area contributed by atoms with Crippen LogP contribution in [-0.2, 0) is 14.3 Å². The number of hydrogen-bond donors (Lipinski definition) is 0. The van der Waals surface area contributed by atoms with Crippen molar-refractivity contribution in [1.82, 2.24) is 0 Å². The summed E-state index contributed by atoms with van der Waals surface area (Å²) in [5.74, 6) is -0.744. The molecule has 24 heavy (non-hydrogen) atoms. The van der Waals surface area contributed by atoms with Crippen LogP contribution in [-0.4, -0.2) is 22.9 Å². The lowest BCUT2D eigenvalue weighted by Crippen LogP contribution is -2.38. The standard InChI is InChI=1S/C17H15BrCl2O4/c18-9-11-14(17(24-15(11)21)6-2-1-3-7-17)16(22)23-10-4-5-12(19)13(20)8-10/h4-5,8H,1-3,6-7,9H2. The van der Waals surface area contributed by atoms with E-state index in [2.05, 4.69) is 15.9 Å². The molecule has 0 saturated heterocycles. The van der Waals surface area contributed by atoms with Crippen molar-refractivity contribution in [3.8, 4) is 5.75 Å². The van der Waals surface area contributed by atoms with Crippen LogP contribution in [0, 0.1) is 0 Å². The van der Waals surface area contributed by atoms with Crippen molar-refractivity contribution in [1.29, 1.82) is 0 Å². The van der Waals surface area contributed by atoms with E-state index in [9.17, 15) is 9.59 Å². The average molecular weight is 434 g/mol. The van der Waals surface area contributed by atoms with Gasteiger partial charge in [-0.15, -0.1) is 0 Å². The number of halogens is 3. The maximum Gasteiger partial charge on any atom is 0.344 e. The van der Waals surface area contributed by atoms with Gasteiger partial charge in [-0.05, 0) is 37.8 Å². The largest absolute Gasteiger partial charge is 0.450 e. The maximum atomic E-state index is 12.8. The summed E-state index contributed by atoms with van der Waals surface area (Å²) in [5.41, 5.74) is -0.191. The Morgan fingerprint density at radius 3 is 2.54 bits per heavy atom. The predicted molar refractivity (Wildman–Crippen MR) is 94.8 cm³/mol. The van der Waals surface area contributed by atoms with Crippen molar-refractivity contribution < 1.29 is 19.1 Å². The lowest BCUT2D eigenvalue weighted by molar-refractivity contribution is -0.150. The van der Waals surface area contributed by atoms with Crippen LogP contribution in [0.25, 0.3) is 0 Å². The van der Waals surface area contributed by atoms with Crippen LogP contribution < -0.4 is 4.74 Å². The number of hydrogen-bond acceptors (Lipinski definition) is 4. The van der Waals surface area contributed by atoms with Gasteiger partial charge in [0.2, 0.25) is 0 Å². The third kappa shape index (κ3) is 3.22. The van der Waals surface area contributed by atoms with E-state index >= 15 is 0 Å². The molecule has 1 heterocycles. The second kappa shape index (κ2) is 7.06. The molecule has 2 aliphatic rings. The van der Waals surface area contributed by atoms with E-state index in [1.54, 1.807) is 12.1 Å². The highest BCUT2D eigenvalue weighted by Crippen LogP contribution is 2.44. The molecule has 1 aliphatic heterocycles. The van der Waals surface area contributed by atoms with Gasteiger partial charge in [-0.1, -0.05) is 45.6 Å². The maximum absolute atomic E-state index is 12.8. The topological polar surface area (TPSA) is 52.6 Å². The highest BCUT2D eigenvalue weighted by molar-refractivity contribution is 9.09. The van der Waals surface area contributed by atoms with Crippen molar-refractivity contribution in [2.24, 2.45) is 0 Å². The molecular weight excluding hydrogens is 419 g/mol. The van der Waals surface area contributed by atoms with E-state index < -0.39 is 17.5 Å². The Labute approximate surface area is 158 Å². The molecule has 1 aromatic carbocycles. The van der Waals surface area contributed by atoms with Gasteiger partial charge in [-0.2, -0.15) is 0 Å². The molecule has 3 rings (SSSR count). The Morgan fingerprint density at radius 1 is 1.21 bits per heavy atom. The number of carbonyl (C=O) groups is 2. The third-order valence-electron chi connectivity index (χ3n) is 4.39. The van der Waals surface area contributed by atoms with E-state index in [1.165, 1.54) is 6.07 Å². The fourth-order valence-electron chi connectivity index (χ4n) is 3.27. The number of carbonyl (C=O) groups excluding carboxylic acids is 2. The van der Waals surface area contributed by atoms with E-state index in [-0.39, 0.29) is 11.1 Å². The molecular formula is C17H15BrCl2O4. The molecule has 0 amide bonds. The van der Waals surface area contributed by atoms with E-state index in [4.69, 9.17) is 32.7 Å². The minimum Gasteiger partial charge on any atom is -0.450 e. The van der Waals surface area contributed by atoms with Gasteiger partial charge in [0.25, 0.3) is 0 Å². The molecule has 0 atom stereocenters. The Bertz CT molecular complexity index is 723. The van der Waals surface area contributed by atoms with Gasteiger partial charge in [-0.3, -0.25) is 0 Å². The molecule has 1 fully saturated rings. The van der Waals surface area contributed by atoms with Crippen LogP contribution in [0.5, 0.6) is 5.75 Å². The highest BCUT2D eigenvalue weighted by atomic mass is 79.9. The second-order valence-electron chi connectivity index (χ2n) is 5.90. The van der Waals surface area contributed by atoms with Gasteiger partial charge in [-0.25, -0.2) is 9.59 Å². The molecule has 0 aromatic heterocycles. The zero-order valence-corrected chi connectivity index (χ0v) is 15.8. The van der Waals surface area contributed by atoms with Gasteiger partial charge >= 0.3 is 11.9 Å². The number of benzene rings is 1. The third-order valence-corrected chi connectivity index (χ3v) is 5.69. The number of rotatable bonds is 3. The Morgan fingerprint density at radius 2 is 1.92 bits per heavy atom. The van der Waals surface area contributed by atoms with Gasteiger partial charge in [0.1, 0.15) is 11.4 Å². The average Bonchev–Trinajstić information content (AvgIpc) is 2.82. The van der Waals surface area contributed by atoms with E-state index in [0.29, 0.717) is 34.0 Å². The fraction of sp³-hybridized carbons (Fsp3) is 0.412. The van der Waals surface area contributed by atoms with Crippen molar-refractivity contribution in [2.75, 3.05) is 5.33 Å². The zero-order valence-electron chi connectivity index (χ0n) is 12.7. The van der Waals surface area contributed by atoms with Crippen molar-refractivity contribution in [2.45, 2.75) is 37.7 Å². The quantitative estimate of drug-likeness (QED) is 0.388. The predicted octanol–water partition coefficient (Wildman–Crippen LogP) is 4.85. The van der Waals surface area contributed by atoms with Crippen LogP contribution >= 0.6 is 39.1 Å². The minimum atomic E-state index is -0.855. The molecule has 0 N–H and O–H groups in total.